The van der Waals surface area contributed by atoms with Gasteiger partial charge in [-0.25, -0.2) is 0 Å². The van der Waals surface area contributed by atoms with Crippen LogP contribution in [-0.4, -0.2) is 46.3 Å². The van der Waals surface area contributed by atoms with E-state index in [1.807, 2.05) is 6.07 Å². The van der Waals surface area contributed by atoms with E-state index in [2.05, 4.69) is 87.7 Å². The Hall–Kier alpha value is -1.72. The molecule has 2 aromatic carbocycles. The van der Waals surface area contributed by atoms with Crippen LogP contribution in [0.3, 0.4) is 0 Å². The Balaban J connectivity index is 2.15. The van der Waals surface area contributed by atoms with Crippen LogP contribution in [0.5, 0.6) is 0 Å². The van der Waals surface area contributed by atoms with Crippen LogP contribution in [0.2, 0.25) is 6.04 Å². The molecule has 0 unspecified atom stereocenters. The Morgan fingerprint density at radius 2 is 1.24 bits per heavy atom. The first kappa shape index (κ1) is 27.5. The fraction of sp³-hybridized carbons (Fsp3) is 0.517. The van der Waals surface area contributed by atoms with Crippen LogP contribution in [0.1, 0.15) is 70.9 Å². The molecule has 2 rings (SSSR count). The van der Waals surface area contributed by atoms with Crippen molar-refractivity contribution in [1.82, 2.24) is 4.90 Å². The maximum Gasteiger partial charge on any atom is 0.372 e. The maximum atomic E-state index is 6.46. The normalized spacial score (nSPS) is 11.8. The minimum Gasteiger partial charge on any atom is -0.391 e. The van der Waals surface area contributed by atoms with Crippen LogP contribution >= 0.6 is 0 Å². The molecule has 0 atom stereocenters. The zero-order valence-electron chi connectivity index (χ0n) is 21.4. The molecule has 0 radical (unpaired) electrons. The molecule has 33 heavy (non-hydrogen) atoms. The molecule has 0 bridgehead atoms. The Labute approximate surface area is 204 Å². The van der Waals surface area contributed by atoms with Crippen LogP contribution < -0.4 is 5.19 Å². The first-order chi connectivity index (χ1) is 16.1. The summed E-state index contributed by atoms with van der Waals surface area (Å²) < 4.78 is 12.9. The summed E-state index contributed by atoms with van der Waals surface area (Å²) in [5, 5.41) is 1.23. The van der Waals surface area contributed by atoms with Gasteiger partial charge in [0.1, 0.15) is 0 Å². The SMILES string of the molecule is C=C(c1ccccc1)c1ccc([Si](CCCN(CCCC)CCCC)(OCC)OCC)cc1. The van der Waals surface area contributed by atoms with Crippen molar-refractivity contribution in [1.29, 1.82) is 0 Å². The number of hydrogen-bond acceptors (Lipinski definition) is 3. The maximum absolute atomic E-state index is 6.46. The summed E-state index contributed by atoms with van der Waals surface area (Å²) in [6, 6.07) is 20.1. The topological polar surface area (TPSA) is 21.7 Å². The van der Waals surface area contributed by atoms with E-state index in [1.54, 1.807) is 0 Å². The third-order valence-electron chi connectivity index (χ3n) is 6.19. The lowest BCUT2D eigenvalue weighted by atomic mass is 10.00. The Morgan fingerprint density at radius 3 is 1.76 bits per heavy atom. The summed E-state index contributed by atoms with van der Waals surface area (Å²) in [6.07, 6.45) is 6.16. The summed E-state index contributed by atoms with van der Waals surface area (Å²) in [7, 11) is -2.49. The number of benzene rings is 2. The van der Waals surface area contributed by atoms with E-state index in [0.717, 1.165) is 35.7 Å². The average Bonchev–Trinajstić information content (AvgIpc) is 2.85. The van der Waals surface area contributed by atoms with Gasteiger partial charge in [-0.15, -0.1) is 0 Å². The van der Waals surface area contributed by atoms with E-state index < -0.39 is 8.56 Å². The summed E-state index contributed by atoms with van der Waals surface area (Å²) in [6.45, 7) is 17.9. The molecular weight excluding hydrogens is 422 g/mol. The van der Waals surface area contributed by atoms with Crippen LogP contribution in [-0.2, 0) is 8.85 Å². The monoisotopic (exact) mass is 467 g/mol. The van der Waals surface area contributed by atoms with Gasteiger partial charge in [0, 0.05) is 13.2 Å². The third kappa shape index (κ3) is 8.53. The Bertz CT molecular complexity index is 777. The zero-order chi connectivity index (χ0) is 23.9. The Morgan fingerprint density at radius 1 is 0.727 bits per heavy atom. The highest BCUT2D eigenvalue weighted by Gasteiger charge is 2.39. The average molecular weight is 468 g/mol. The molecule has 0 fully saturated rings. The molecule has 0 aromatic heterocycles. The molecule has 0 spiro atoms. The van der Waals surface area contributed by atoms with Crippen molar-refractivity contribution in [2.45, 2.75) is 65.8 Å². The minimum absolute atomic E-state index is 0.681. The molecule has 4 heteroatoms. The summed E-state index contributed by atoms with van der Waals surface area (Å²) in [5.74, 6) is 0. The quantitative estimate of drug-likeness (QED) is 0.240. The summed E-state index contributed by atoms with van der Waals surface area (Å²) in [5.41, 5.74) is 3.35. The van der Waals surface area contributed by atoms with Gasteiger partial charge in [0.25, 0.3) is 0 Å². The Kier molecular flexibility index (Phi) is 12.7. The lowest BCUT2D eigenvalue weighted by Gasteiger charge is -2.31. The molecule has 0 heterocycles. The van der Waals surface area contributed by atoms with Crippen LogP contribution in [0.15, 0.2) is 61.2 Å². The molecule has 3 nitrogen and oxygen atoms in total. The summed E-state index contributed by atoms with van der Waals surface area (Å²) in [4.78, 5) is 2.64. The van der Waals surface area contributed by atoms with E-state index in [0.29, 0.717) is 13.2 Å². The largest absolute Gasteiger partial charge is 0.391 e. The van der Waals surface area contributed by atoms with Gasteiger partial charge >= 0.3 is 8.56 Å². The minimum atomic E-state index is -2.49. The molecule has 0 aliphatic rings. The number of hydrogen-bond donors (Lipinski definition) is 0. The van der Waals surface area contributed by atoms with E-state index in [4.69, 9.17) is 8.85 Å². The van der Waals surface area contributed by atoms with Crippen molar-refractivity contribution in [3.63, 3.8) is 0 Å². The lowest BCUT2D eigenvalue weighted by Crippen LogP contribution is -2.54. The highest BCUT2D eigenvalue weighted by atomic mass is 28.4. The highest BCUT2D eigenvalue weighted by Crippen LogP contribution is 2.23. The molecule has 0 aliphatic heterocycles. The number of rotatable bonds is 17. The first-order valence-corrected chi connectivity index (χ1v) is 15.0. The van der Waals surface area contributed by atoms with Crippen LogP contribution in [0.4, 0.5) is 0 Å². The van der Waals surface area contributed by atoms with Gasteiger partial charge in [-0.1, -0.05) is 87.9 Å². The van der Waals surface area contributed by atoms with Gasteiger partial charge in [0.05, 0.1) is 0 Å². The fourth-order valence-electron chi connectivity index (χ4n) is 4.33. The highest BCUT2D eigenvalue weighted by molar-refractivity contribution is 6.81. The first-order valence-electron chi connectivity index (χ1n) is 13.0. The van der Waals surface area contributed by atoms with Crippen molar-refractivity contribution in [2.75, 3.05) is 32.8 Å². The standard InChI is InChI=1S/C29H45NO2Si/c1-6-10-22-30(23-11-7-2)24-15-25-33(31-8-3,32-9-4)29-20-18-28(19-21-29)26(5)27-16-13-12-14-17-27/h12-14,16-21H,5-11,15,22-25H2,1-4H3. The van der Waals surface area contributed by atoms with Crippen molar-refractivity contribution in [2.24, 2.45) is 0 Å². The van der Waals surface area contributed by atoms with E-state index >= 15 is 0 Å². The predicted octanol–water partition coefficient (Wildman–Crippen LogP) is 6.76. The van der Waals surface area contributed by atoms with E-state index in [1.165, 1.54) is 44.0 Å². The van der Waals surface area contributed by atoms with Crippen molar-refractivity contribution in [3.8, 4) is 0 Å². The van der Waals surface area contributed by atoms with Crippen molar-refractivity contribution >= 4 is 19.3 Å². The molecule has 2 aromatic rings. The number of unbranched alkanes of at least 4 members (excludes halogenated alkanes) is 2. The second-order valence-corrected chi connectivity index (χ2v) is 11.9. The van der Waals surface area contributed by atoms with Crippen LogP contribution in [0, 0.1) is 0 Å². The predicted molar refractivity (Wildman–Crippen MR) is 145 cm³/mol. The molecule has 0 saturated heterocycles. The zero-order valence-corrected chi connectivity index (χ0v) is 22.4. The molecule has 0 aliphatic carbocycles. The fourth-order valence-corrected chi connectivity index (χ4v) is 7.55. The van der Waals surface area contributed by atoms with Gasteiger partial charge in [0.15, 0.2) is 0 Å². The van der Waals surface area contributed by atoms with Crippen molar-refractivity contribution < 1.29 is 8.85 Å². The van der Waals surface area contributed by atoms with Crippen LogP contribution in [0.25, 0.3) is 5.57 Å². The van der Waals surface area contributed by atoms with Gasteiger partial charge in [-0.3, -0.25) is 0 Å². The second-order valence-electron chi connectivity index (χ2n) is 8.69. The van der Waals surface area contributed by atoms with E-state index in [9.17, 15) is 0 Å². The number of nitrogens with zero attached hydrogens (tertiary/aromatic N) is 1. The van der Waals surface area contributed by atoms with E-state index in [-0.39, 0.29) is 0 Å². The smallest absolute Gasteiger partial charge is 0.372 e. The molecular formula is C29H45NO2Si. The third-order valence-corrected chi connectivity index (χ3v) is 9.92. The lowest BCUT2D eigenvalue weighted by molar-refractivity contribution is 0.191. The van der Waals surface area contributed by atoms with Gasteiger partial charge in [0.2, 0.25) is 0 Å². The van der Waals surface area contributed by atoms with Crippen molar-refractivity contribution in [3.05, 3.63) is 72.3 Å². The molecule has 182 valence electrons. The van der Waals surface area contributed by atoms with Gasteiger partial charge < -0.3 is 13.8 Å². The summed E-state index contributed by atoms with van der Waals surface area (Å²) >= 11 is 0. The van der Waals surface area contributed by atoms with Gasteiger partial charge in [-0.2, -0.15) is 0 Å². The van der Waals surface area contributed by atoms with Gasteiger partial charge in [-0.05, 0) is 80.7 Å². The molecule has 0 amide bonds. The molecule has 0 N–H and O–H groups in total. The molecule has 0 saturated carbocycles. The second kappa shape index (κ2) is 15.2.